The molecular formula is C21H23ClN4O3S. The van der Waals surface area contributed by atoms with Gasteiger partial charge in [0.2, 0.25) is 5.91 Å². The van der Waals surface area contributed by atoms with Gasteiger partial charge in [0.05, 0.1) is 20.1 Å². The molecule has 0 aliphatic carbocycles. The highest BCUT2D eigenvalue weighted by Gasteiger charge is 2.13. The van der Waals surface area contributed by atoms with E-state index in [9.17, 15) is 4.79 Å². The number of hydrogen-bond donors (Lipinski definition) is 1. The second-order valence-electron chi connectivity index (χ2n) is 6.52. The van der Waals surface area contributed by atoms with Crippen LogP contribution in [0.25, 0.3) is 0 Å². The number of aryl methyl sites for hydroxylation is 1. The Morgan fingerprint density at radius 2 is 1.90 bits per heavy atom. The van der Waals surface area contributed by atoms with Crippen LogP contribution in [0.5, 0.6) is 11.5 Å². The Balaban J connectivity index is 1.47. The molecular weight excluding hydrogens is 424 g/mol. The SMILES string of the molecule is COc1ccc(OCCSc2nnc(CC(=O)Nc3ccc(C)c(Cl)c3)n2C)cc1. The summed E-state index contributed by atoms with van der Waals surface area (Å²) in [5, 5.41) is 12.5. The monoisotopic (exact) mass is 446 g/mol. The summed E-state index contributed by atoms with van der Waals surface area (Å²) in [7, 11) is 3.47. The van der Waals surface area contributed by atoms with E-state index >= 15 is 0 Å². The normalized spacial score (nSPS) is 10.7. The number of nitrogens with one attached hydrogen (secondary N) is 1. The highest BCUT2D eigenvalue weighted by atomic mass is 35.5. The van der Waals surface area contributed by atoms with Gasteiger partial charge in [0, 0.05) is 23.5 Å². The maximum Gasteiger partial charge on any atom is 0.232 e. The summed E-state index contributed by atoms with van der Waals surface area (Å²) in [4.78, 5) is 12.3. The number of anilines is 1. The average molecular weight is 447 g/mol. The Morgan fingerprint density at radius 3 is 2.60 bits per heavy atom. The van der Waals surface area contributed by atoms with Crippen LogP contribution in [-0.4, -0.2) is 40.1 Å². The highest BCUT2D eigenvalue weighted by molar-refractivity contribution is 7.99. The van der Waals surface area contributed by atoms with Crippen LogP contribution in [0, 0.1) is 6.92 Å². The van der Waals surface area contributed by atoms with Crippen molar-refractivity contribution in [2.45, 2.75) is 18.5 Å². The predicted molar refractivity (Wildman–Crippen MR) is 119 cm³/mol. The van der Waals surface area contributed by atoms with E-state index in [1.807, 2.05) is 54.9 Å². The molecule has 3 rings (SSSR count). The van der Waals surface area contributed by atoms with Crippen molar-refractivity contribution < 1.29 is 14.3 Å². The minimum atomic E-state index is -0.176. The van der Waals surface area contributed by atoms with Gasteiger partial charge in [-0.1, -0.05) is 29.4 Å². The summed E-state index contributed by atoms with van der Waals surface area (Å²) in [5.41, 5.74) is 1.61. The molecule has 158 valence electrons. The minimum absolute atomic E-state index is 0.123. The van der Waals surface area contributed by atoms with Crippen molar-refractivity contribution in [2.24, 2.45) is 7.05 Å². The molecule has 3 aromatic rings. The van der Waals surface area contributed by atoms with E-state index in [4.69, 9.17) is 21.1 Å². The van der Waals surface area contributed by atoms with E-state index in [1.165, 1.54) is 11.8 Å². The van der Waals surface area contributed by atoms with Crippen LogP contribution < -0.4 is 14.8 Å². The molecule has 0 fully saturated rings. The predicted octanol–water partition coefficient (Wildman–Crippen LogP) is 4.14. The van der Waals surface area contributed by atoms with Crippen LogP contribution in [0.15, 0.2) is 47.6 Å². The summed E-state index contributed by atoms with van der Waals surface area (Å²) < 4.78 is 12.7. The highest BCUT2D eigenvalue weighted by Crippen LogP contribution is 2.21. The fraction of sp³-hybridized carbons (Fsp3) is 0.286. The molecule has 0 unspecified atom stereocenters. The number of carbonyl (C=O) groups excluding carboxylic acids is 1. The van der Waals surface area contributed by atoms with Crippen molar-refractivity contribution >= 4 is 35.0 Å². The Bertz CT molecular complexity index is 1010. The number of carbonyl (C=O) groups is 1. The van der Waals surface area contributed by atoms with Crippen LogP contribution in [0.3, 0.4) is 0 Å². The first kappa shape index (κ1) is 22.0. The molecule has 0 aliphatic heterocycles. The van der Waals surface area contributed by atoms with Crippen molar-refractivity contribution in [3.63, 3.8) is 0 Å². The van der Waals surface area contributed by atoms with E-state index in [1.54, 1.807) is 13.2 Å². The fourth-order valence-corrected chi connectivity index (χ4v) is 3.54. The van der Waals surface area contributed by atoms with E-state index in [-0.39, 0.29) is 12.3 Å². The van der Waals surface area contributed by atoms with Crippen molar-refractivity contribution in [1.29, 1.82) is 0 Å². The van der Waals surface area contributed by atoms with Crippen LogP contribution in [-0.2, 0) is 18.3 Å². The van der Waals surface area contributed by atoms with Crippen molar-refractivity contribution in [3.05, 3.63) is 58.9 Å². The first-order chi connectivity index (χ1) is 14.5. The van der Waals surface area contributed by atoms with Gasteiger partial charge in [-0.15, -0.1) is 10.2 Å². The zero-order valence-electron chi connectivity index (χ0n) is 17.0. The number of methoxy groups -OCH3 is 1. The zero-order chi connectivity index (χ0) is 21.5. The zero-order valence-corrected chi connectivity index (χ0v) is 18.6. The molecule has 0 spiro atoms. The lowest BCUT2D eigenvalue weighted by molar-refractivity contribution is -0.115. The summed E-state index contributed by atoms with van der Waals surface area (Å²) in [6, 6.07) is 12.9. The number of amides is 1. The quantitative estimate of drug-likeness (QED) is 0.393. The third kappa shape index (κ3) is 5.90. The molecule has 1 amide bonds. The summed E-state index contributed by atoms with van der Waals surface area (Å²) in [6.45, 7) is 2.43. The molecule has 0 saturated carbocycles. The number of halogens is 1. The molecule has 7 nitrogen and oxygen atoms in total. The van der Waals surface area contributed by atoms with Gasteiger partial charge in [-0.05, 0) is 48.9 Å². The Labute approximate surface area is 184 Å². The number of hydrogen-bond acceptors (Lipinski definition) is 6. The van der Waals surface area contributed by atoms with E-state index in [0.29, 0.717) is 28.9 Å². The van der Waals surface area contributed by atoms with Gasteiger partial charge in [0.25, 0.3) is 0 Å². The lowest BCUT2D eigenvalue weighted by Crippen LogP contribution is -2.17. The number of benzene rings is 2. The van der Waals surface area contributed by atoms with Crippen molar-refractivity contribution in [2.75, 3.05) is 24.8 Å². The molecule has 1 heterocycles. The van der Waals surface area contributed by atoms with E-state index in [0.717, 1.165) is 22.2 Å². The first-order valence-corrected chi connectivity index (χ1v) is 10.7. The van der Waals surface area contributed by atoms with Gasteiger partial charge in [0.15, 0.2) is 5.16 Å². The van der Waals surface area contributed by atoms with Gasteiger partial charge in [-0.3, -0.25) is 4.79 Å². The molecule has 1 aromatic heterocycles. The Morgan fingerprint density at radius 1 is 1.17 bits per heavy atom. The molecule has 1 N–H and O–H groups in total. The number of rotatable bonds is 9. The van der Waals surface area contributed by atoms with Gasteiger partial charge in [0.1, 0.15) is 17.3 Å². The lowest BCUT2D eigenvalue weighted by atomic mass is 10.2. The van der Waals surface area contributed by atoms with Crippen LogP contribution >= 0.6 is 23.4 Å². The van der Waals surface area contributed by atoms with E-state index in [2.05, 4.69) is 15.5 Å². The molecule has 9 heteroatoms. The molecule has 0 aliphatic rings. The molecule has 0 radical (unpaired) electrons. The number of thioether (sulfide) groups is 1. The smallest absolute Gasteiger partial charge is 0.232 e. The topological polar surface area (TPSA) is 78.3 Å². The standard InChI is InChI=1S/C21H23ClN4O3S/c1-14-4-5-15(12-18(14)22)23-20(27)13-19-24-25-21(26(19)2)30-11-10-29-17-8-6-16(28-3)7-9-17/h4-9,12H,10-11,13H2,1-3H3,(H,23,27). The fourth-order valence-electron chi connectivity index (χ4n) is 2.61. The van der Waals surface area contributed by atoms with Gasteiger partial charge >= 0.3 is 0 Å². The Hall–Kier alpha value is -2.71. The third-order valence-corrected chi connectivity index (χ3v) is 5.73. The number of nitrogens with zero attached hydrogens (tertiary/aromatic N) is 3. The maximum atomic E-state index is 12.3. The summed E-state index contributed by atoms with van der Waals surface area (Å²) in [6.07, 6.45) is 0.123. The lowest BCUT2D eigenvalue weighted by Gasteiger charge is -2.08. The molecule has 0 atom stereocenters. The van der Waals surface area contributed by atoms with Gasteiger partial charge in [-0.2, -0.15) is 0 Å². The maximum absolute atomic E-state index is 12.3. The molecule has 2 aromatic carbocycles. The second-order valence-corrected chi connectivity index (χ2v) is 7.99. The van der Waals surface area contributed by atoms with Crippen LogP contribution in [0.2, 0.25) is 5.02 Å². The first-order valence-electron chi connectivity index (χ1n) is 9.30. The minimum Gasteiger partial charge on any atom is -0.497 e. The Kier molecular flexibility index (Phi) is 7.59. The second kappa shape index (κ2) is 10.4. The molecule has 0 bridgehead atoms. The molecule has 30 heavy (non-hydrogen) atoms. The summed E-state index contributed by atoms with van der Waals surface area (Å²) in [5.74, 6) is 2.68. The number of aromatic nitrogens is 3. The van der Waals surface area contributed by atoms with Crippen molar-refractivity contribution in [1.82, 2.24) is 14.8 Å². The van der Waals surface area contributed by atoms with Gasteiger partial charge in [-0.25, -0.2) is 0 Å². The van der Waals surface area contributed by atoms with Crippen LogP contribution in [0.4, 0.5) is 5.69 Å². The third-order valence-electron chi connectivity index (χ3n) is 4.34. The van der Waals surface area contributed by atoms with E-state index < -0.39 is 0 Å². The molecule has 0 saturated heterocycles. The summed E-state index contributed by atoms with van der Waals surface area (Å²) >= 11 is 7.62. The van der Waals surface area contributed by atoms with Gasteiger partial charge < -0.3 is 19.4 Å². The average Bonchev–Trinajstić information content (AvgIpc) is 3.08. The van der Waals surface area contributed by atoms with Crippen LogP contribution in [0.1, 0.15) is 11.4 Å². The number of ether oxygens (including phenoxy) is 2. The van der Waals surface area contributed by atoms with Crippen molar-refractivity contribution in [3.8, 4) is 11.5 Å². The largest absolute Gasteiger partial charge is 0.497 e.